The summed E-state index contributed by atoms with van der Waals surface area (Å²) in [6, 6.07) is 1.76. The molecule has 0 rings (SSSR count). The summed E-state index contributed by atoms with van der Waals surface area (Å²) >= 11 is 0. The van der Waals surface area contributed by atoms with Crippen LogP contribution in [0.4, 0.5) is 0 Å². The van der Waals surface area contributed by atoms with Gasteiger partial charge in [0.2, 0.25) is 0 Å². The van der Waals surface area contributed by atoms with E-state index in [4.69, 9.17) is 14.4 Å². The van der Waals surface area contributed by atoms with Crippen LogP contribution in [0.5, 0.6) is 0 Å². The van der Waals surface area contributed by atoms with E-state index in [0.29, 0.717) is 0 Å². The zero-order chi connectivity index (χ0) is 13.0. The molecule has 0 radical (unpaired) electrons. The van der Waals surface area contributed by atoms with E-state index < -0.39 is 20.4 Å². The van der Waals surface area contributed by atoms with Crippen LogP contribution in [0, 0.1) is 11.3 Å². The predicted octanol–water partition coefficient (Wildman–Crippen LogP) is 2.46. The van der Waals surface area contributed by atoms with Crippen LogP contribution >= 0.6 is 0 Å². The largest absolute Gasteiger partial charge is 0.448 e. The Morgan fingerprint density at radius 2 is 1.94 bits per heavy atom. The molecule has 1 atom stereocenters. The number of ether oxygens (including phenoxy) is 1. The lowest BCUT2D eigenvalue weighted by Crippen LogP contribution is -2.45. The Labute approximate surface area is 98.7 Å². The van der Waals surface area contributed by atoms with Gasteiger partial charge < -0.3 is 9.16 Å². The quantitative estimate of drug-likeness (QED) is 0.562. The minimum atomic E-state index is -1.95. The number of carbonyl (C=O) groups is 1. The molecule has 4 nitrogen and oxygen atoms in total. The molecule has 0 spiro atoms. The number of nitrogens with zero attached hydrogens (tertiary/aromatic N) is 1. The van der Waals surface area contributed by atoms with E-state index >= 15 is 0 Å². The number of nitriles is 1. The van der Waals surface area contributed by atoms with Crippen molar-refractivity contribution in [3.05, 3.63) is 0 Å². The second-order valence-electron chi connectivity index (χ2n) is 5.29. The monoisotopic (exact) mass is 243 g/mol. The minimum absolute atomic E-state index is 0.0523. The maximum atomic E-state index is 11.4. The molecule has 0 aliphatic rings. The summed E-state index contributed by atoms with van der Waals surface area (Å²) in [4.78, 5) is 11.4. The molecule has 0 N–H and O–H groups in total. The molecule has 0 aliphatic carbocycles. The average Bonchev–Trinajstić information content (AvgIpc) is 2.11. The van der Waals surface area contributed by atoms with Gasteiger partial charge in [-0.15, -0.1) is 0 Å². The van der Waals surface area contributed by atoms with Gasteiger partial charge in [-0.25, -0.2) is 4.79 Å². The van der Waals surface area contributed by atoms with E-state index in [0.717, 1.165) is 0 Å². The Kier molecular flexibility index (Phi) is 5.17. The van der Waals surface area contributed by atoms with E-state index in [1.54, 1.807) is 13.0 Å². The summed E-state index contributed by atoms with van der Waals surface area (Å²) < 4.78 is 10.5. The van der Waals surface area contributed by atoms with E-state index in [-0.39, 0.29) is 11.6 Å². The Morgan fingerprint density at radius 3 is 2.31 bits per heavy atom. The molecule has 0 saturated heterocycles. The van der Waals surface area contributed by atoms with Crippen molar-refractivity contribution in [3.8, 4) is 6.07 Å². The van der Waals surface area contributed by atoms with Crippen LogP contribution < -0.4 is 0 Å². The van der Waals surface area contributed by atoms with Crippen LogP contribution in [0.25, 0.3) is 0 Å². The van der Waals surface area contributed by atoms with Crippen molar-refractivity contribution < 1.29 is 14.0 Å². The SMILES string of the molecule is C[C@H](O[Si](C)(C)C(C)(C)C)C(=O)OCC#N. The normalized spacial score (nSPS) is 14.1. The summed E-state index contributed by atoms with van der Waals surface area (Å²) in [5, 5.41) is 8.35. The second-order valence-corrected chi connectivity index (χ2v) is 10.0. The Morgan fingerprint density at radius 1 is 1.44 bits per heavy atom. The van der Waals surface area contributed by atoms with Crippen molar-refractivity contribution in [2.24, 2.45) is 0 Å². The number of hydrogen-bond donors (Lipinski definition) is 0. The van der Waals surface area contributed by atoms with Crippen molar-refractivity contribution in [2.45, 2.75) is 51.9 Å². The third kappa shape index (κ3) is 4.33. The highest BCUT2D eigenvalue weighted by atomic mass is 28.4. The molecule has 5 heteroatoms. The maximum Gasteiger partial charge on any atom is 0.334 e. The van der Waals surface area contributed by atoms with E-state index in [9.17, 15) is 4.79 Å². The van der Waals surface area contributed by atoms with Crippen molar-refractivity contribution in [3.63, 3.8) is 0 Å². The lowest BCUT2D eigenvalue weighted by Gasteiger charge is -2.37. The van der Waals surface area contributed by atoms with Crippen molar-refractivity contribution in [2.75, 3.05) is 6.61 Å². The van der Waals surface area contributed by atoms with Gasteiger partial charge in [0.25, 0.3) is 0 Å². The lowest BCUT2D eigenvalue weighted by molar-refractivity contribution is -0.150. The summed E-state index contributed by atoms with van der Waals surface area (Å²) in [6.07, 6.45) is -0.603. The van der Waals surface area contributed by atoms with E-state index in [1.807, 2.05) is 0 Å². The highest BCUT2D eigenvalue weighted by molar-refractivity contribution is 6.74. The van der Waals surface area contributed by atoms with Gasteiger partial charge in [0.15, 0.2) is 14.9 Å². The van der Waals surface area contributed by atoms with Crippen LogP contribution in [0.2, 0.25) is 18.1 Å². The maximum absolute atomic E-state index is 11.4. The topological polar surface area (TPSA) is 59.3 Å². The van der Waals surface area contributed by atoms with Crippen LogP contribution in [0.3, 0.4) is 0 Å². The third-order valence-electron chi connectivity index (χ3n) is 2.89. The van der Waals surface area contributed by atoms with Crippen molar-refractivity contribution >= 4 is 14.3 Å². The number of esters is 1. The predicted molar refractivity (Wildman–Crippen MR) is 64.3 cm³/mol. The van der Waals surface area contributed by atoms with Crippen LogP contribution in [0.1, 0.15) is 27.7 Å². The van der Waals surface area contributed by atoms with Crippen LogP contribution in [-0.4, -0.2) is 27.0 Å². The molecule has 0 amide bonds. The summed E-state index contributed by atoms with van der Waals surface area (Å²) in [5.74, 6) is -0.466. The first-order valence-corrected chi connectivity index (χ1v) is 8.24. The fraction of sp³-hybridized carbons (Fsp3) is 0.818. The fourth-order valence-corrected chi connectivity index (χ4v) is 2.22. The van der Waals surface area contributed by atoms with Crippen LogP contribution in [0.15, 0.2) is 0 Å². The smallest absolute Gasteiger partial charge is 0.334 e. The second kappa shape index (κ2) is 5.46. The zero-order valence-electron chi connectivity index (χ0n) is 11.0. The summed E-state index contributed by atoms with van der Waals surface area (Å²) in [7, 11) is -1.95. The van der Waals surface area contributed by atoms with Gasteiger partial charge in [0.1, 0.15) is 12.2 Å². The molecule has 0 bridgehead atoms. The van der Waals surface area contributed by atoms with Gasteiger partial charge in [0.05, 0.1) is 0 Å². The highest BCUT2D eigenvalue weighted by Gasteiger charge is 2.39. The van der Waals surface area contributed by atoms with Gasteiger partial charge in [-0.2, -0.15) is 5.26 Å². The third-order valence-corrected chi connectivity index (χ3v) is 7.44. The number of carbonyl (C=O) groups excluding carboxylic acids is 1. The Bertz CT molecular complexity index is 289. The standard InChI is InChI=1S/C11H21NO3Si/c1-9(10(13)14-8-7-12)15-16(5,6)11(2,3)4/h9H,8H2,1-6H3/t9-/m0/s1. The summed E-state index contributed by atoms with van der Waals surface area (Å²) in [6.45, 7) is 11.9. The number of rotatable bonds is 4. The molecule has 0 unspecified atom stereocenters. The van der Waals surface area contributed by atoms with Gasteiger partial charge >= 0.3 is 5.97 Å². The van der Waals surface area contributed by atoms with Gasteiger partial charge in [-0.3, -0.25) is 0 Å². The Hall–Kier alpha value is -0.863. The first-order valence-electron chi connectivity index (χ1n) is 5.33. The fourth-order valence-electron chi connectivity index (χ4n) is 0.888. The van der Waals surface area contributed by atoms with Gasteiger partial charge in [-0.1, -0.05) is 20.8 Å². The molecule has 0 aromatic heterocycles. The molecule has 16 heavy (non-hydrogen) atoms. The highest BCUT2D eigenvalue weighted by Crippen LogP contribution is 2.37. The average molecular weight is 243 g/mol. The first-order chi connectivity index (χ1) is 7.12. The van der Waals surface area contributed by atoms with E-state index in [1.165, 1.54) is 0 Å². The molecule has 0 saturated carbocycles. The molecule has 0 fully saturated rings. The molecule has 0 aromatic carbocycles. The Balaban J connectivity index is 4.40. The minimum Gasteiger partial charge on any atom is -0.448 e. The van der Waals surface area contributed by atoms with Gasteiger partial charge in [-0.05, 0) is 25.1 Å². The van der Waals surface area contributed by atoms with Crippen molar-refractivity contribution in [1.82, 2.24) is 0 Å². The van der Waals surface area contributed by atoms with Crippen LogP contribution in [-0.2, 0) is 14.0 Å². The molecular weight excluding hydrogens is 222 g/mol. The molecular formula is C11H21NO3Si. The van der Waals surface area contributed by atoms with Gasteiger partial charge in [0, 0.05) is 0 Å². The first kappa shape index (κ1) is 15.1. The lowest BCUT2D eigenvalue weighted by atomic mass is 10.2. The van der Waals surface area contributed by atoms with E-state index in [2.05, 4.69) is 33.9 Å². The molecule has 0 heterocycles. The number of hydrogen-bond acceptors (Lipinski definition) is 4. The van der Waals surface area contributed by atoms with Crippen molar-refractivity contribution in [1.29, 1.82) is 5.26 Å². The molecule has 0 aliphatic heterocycles. The zero-order valence-corrected chi connectivity index (χ0v) is 12.0. The summed E-state index contributed by atoms with van der Waals surface area (Å²) in [5.41, 5.74) is 0. The molecule has 0 aromatic rings. The molecule has 92 valence electrons.